The van der Waals surface area contributed by atoms with Crippen molar-refractivity contribution in [3.05, 3.63) is 0 Å². The molecule has 13 heavy (non-hydrogen) atoms. The van der Waals surface area contributed by atoms with Gasteiger partial charge in [-0.3, -0.25) is 0 Å². The van der Waals surface area contributed by atoms with Crippen molar-refractivity contribution < 1.29 is 10.2 Å². The molecule has 0 aromatic heterocycles. The lowest BCUT2D eigenvalue weighted by molar-refractivity contribution is 0.113. The van der Waals surface area contributed by atoms with Gasteiger partial charge in [0.05, 0.1) is 24.2 Å². The number of nitriles is 1. The van der Waals surface area contributed by atoms with Gasteiger partial charge in [0.25, 0.3) is 0 Å². The smallest absolute Gasteiger partial charge is 0.0861 e. The lowest BCUT2D eigenvalue weighted by atomic mass is 9.93. The number of aliphatic hydroxyl groups is 2. The van der Waals surface area contributed by atoms with E-state index in [9.17, 15) is 0 Å². The van der Waals surface area contributed by atoms with Gasteiger partial charge in [0.1, 0.15) is 0 Å². The highest BCUT2D eigenvalue weighted by Crippen LogP contribution is 2.21. The van der Waals surface area contributed by atoms with E-state index >= 15 is 0 Å². The Morgan fingerprint density at radius 2 is 2.15 bits per heavy atom. The van der Waals surface area contributed by atoms with Crippen molar-refractivity contribution in [1.82, 2.24) is 0 Å². The molecule has 4 heteroatoms. The predicted molar refractivity (Wildman–Crippen MR) is 54.4 cm³/mol. The number of thioether (sulfide) groups is 1. The van der Waals surface area contributed by atoms with Crippen LogP contribution in [0.5, 0.6) is 0 Å². The Bertz CT molecular complexity index is 177. The van der Waals surface area contributed by atoms with Crippen molar-refractivity contribution in [2.75, 3.05) is 18.1 Å². The maximum Gasteiger partial charge on any atom is 0.0861 e. The molecule has 76 valence electrons. The first-order chi connectivity index (χ1) is 6.02. The van der Waals surface area contributed by atoms with E-state index in [0.29, 0.717) is 5.75 Å². The van der Waals surface area contributed by atoms with Crippen LogP contribution in [0.25, 0.3) is 0 Å². The first-order valence-corrected chi connectivity index (χ1v) is 5.45. The monoisotopic (exact) mass is 203 g/mol. The topological polar surface area (TPSA) is 64.2 Å². The molecular weight excluding hydrogens is 186 g/mol. The zero-order valence-corrected chi connectivity index (χ0v) is 8.97. The van der Waals surface area contributed by atoms with Crippen LogP contribution in [0.4, 0.5) is 0 Å². The van der Waals surface area contributed by atoms with Gasteiger partial charge in [0.2, 0.25) is 0 Å². The standard InChI is InChI=1S/C9H17NO2S/c1-9(2,7-10)3-4-13-6-8(12)5-11/h8,11-12H,3-6H2,1-2H3. The number of hydrogen-bond donors (Lipinski definition) is 2. The highest BCUT2D eigenvalue weighted by Gasteiger charge is 2.15. The van der Waals surface area contributed by atoms with Gasteiger partial charge in [0.15, 0.2) is 0 Å². The van der Waals surface area contributed by atoms with Crippen molar-refractivity contribution in [3.8, 4) is 6.07 Å². The van der Waals surface area contributed by atoms with Crippen molar-refractivity contribution in [3.63, 3.8) is 0 Å². The van der Waals surface area contributed by atoms with Crippen LogP contribution in [-0.2, 0) is 0 Å². The summed E-state index contributed by atoms with van der Waals surface area (Å²) >= 11 is 1.57. The van der Waals surface area contributed by atoms with Gasteiger partial charge in [-0.25, -0.2) is 0 Å². The lowest BCUT2D eigenvalue weighted by Crippen LogP contribution is -2.16. The van der Waals surface area contributed by atoms with Gasteiger partial charge >= 0.3 is 0 Å². The van der Waals surface area contributed by atoms with E-state index in [1.165, 1.54) is 0 Å². The molecule has 0 rings (SSSR count). The van der Waals surface area contributed by atoms with Crippen molar-refractivity contribution in [2.45, 2.75) is 26.4 Å². The van der Waals surface area contributed by atoms with Gasteiger partial charge in [-0.15, -0.1) is 0 Å². The SMILES string of the molecule is CC(C)(C#N)CCSCC(O)CO. The summed E-state index contributed by atoms with van der Waals surface area (Å²) in [5, 5.41) is 26.2. The van der Waals surface area contributed by atoms with E-state index in [4.69, 9.17) is 15.5 Å². The Morgan fingerprint density at radius 1 is 1.54 bits per heavy atom. The van der Waals surface area contributed by atoms with E-state index in [2.05, 4.69) is 6.07 Å². The van der Waals surface area contributed by atoms with Crippen LogP contribution in [0.2, 0.25) is 0 Å². The van der Waals surface area contributed by atoms with Gasteiger partial charge in [-0.1, -0.05) is 0 Å². The summed E-state index contributed by atoms with van der Waals surface area (Å²) in [7, 11) is 0. The molecule has 0 amide bonds. The Hall–Kier alpha value is -0.240. The molecule has 1 atom stereocenters. The molecule has 0 aliphatic carbocycles. The molecule has 0 aliphatic heterocycles. The summed E-state index contributed by atoms with van der Waals surface area (Å²) in [5.74, 6) is 1.38. The molecule has 0 bridgehead atoms. The largest absolute Gasteiger partial charge is 0.394 e. The molecule has 0 spiro atoms. The first kappa shape index (κ1) is 12.8. The Balaban J connectivity index is 3.42. The second-order valence-electron chi connectivity index (χ2n) is 3.66. The maximum atomic E-state index is 9.01. The van der Waals surface area contributed by atoms with Crippen LogP contribution >= 0.6 is 11.8 Å². The van der Waals surface area contributed by atoms with Crippen LogP contribution in [0.3, 0.4) is 0 Å². The highest BCUT2D eigenvalue weighted by atomic mass is 32.2. The van der Waals surface area contributed by atoms with Crippen molar-refractivity contribution >= 4 is 11.8 Å². The van der Waals surface area contributed by atoms with E-state index in [1.54, 1.807) is 11.8 Å². The fourth-order valence-corrected chi connectivity index (χ4v) is 1.85. The minimum atomic E-state index is -0.629. The fourth-order valence-electron chi connectivity index (χ4n) is 0.655. The number of aliphatic hydroxyl groups excluding tert-OH is 2. The second kappa shape index (κ2) is 6.25. The molecule has 0 aromatic carbocycles. The molecule has 3 nitrogen and oxygen atoms in total. The molecule has 0 heterocycles. The Morgan fingerprint density at radius 3 is 2.62 bits per heavy atom. The van der Waals surface area contributed by atoms with Crippen LogP contribution in [0, 0.1) is 16.7 Å². The molecule has 0 radical (unpaired) electrons. The van der Waals surface area contributed by atoms with Crippen molar-refractivity contribution in [2.24, 2.45) is 5.41 Å². The quantitative estimate of drug-likeness (QED) is 0.632. The van der Waals surface area contributed by atoms with Crippen molar-refractivity contribution in [1.29, 1.82) is 5.26 Å². The molecule has 0 saturated carbocycles. The van der Waals surface area contributed by atoms with E-state index < -0.39 is 6.10 Å². The Labute approximate surface area is 83.8 Å². The minimum Gasteiger partial charge on any atom is -0.394 e. The average Bonchev–Trinajstić information content (AvgIpc) is 2.12. The minimum absolute atomic E-state index is 0.186. The van der Waals surface area contributed by atoms with Crippen LogP contribution in [0.15, 0.2) is 0 Å². The number of rotatable bonds is 6. The molecule has 0 saturated heterocycles. The molecule has 1 unspecified atom stereocenters. The summed E-state index contributed by atoms with van der Waals surface area (Å²) in [4.78, 5) is 0. The zero-order chi connectivity index (χ0) is 10.3. The first-order valence-electron chi connectivity index (χ1n) is 4.30. The van der Waals surface area contributed by atoms with Gasteiger partial charge in [0, 0.05) is 5.75 Å². The lowest BCUT2D eigenvalue weighted by Gasteiger charge is -2.14. The van der Waals surface area contributed by atoms with Crippen LogP contribution in [0.1, 0.15) is 20.3 Å². The van der Waals surface area contributed by atoms with E-state index in [0.717, 1.165) is 12.2 Å². The van der Waals surface area contributed by atoms with Gasteiger partial charge in [-0.05, 0) is 26.0 Å². The fraction of sp³-hybridized carbons (Fsp3) is 0.889. The Kier molecular flexibility index (Phi) is 6.13. The summed E-state index contributed by atoms with van der Waals surface area (Å²) < 4.78 is 0. The maximum absolute atomic E-state index is 9.01. The molecule has 0 fully saturated rings. The molecule has 0 aromatic rings. The summed E-state index contributed by atoms with van der Waals surface area (Å²) in [6, 6.07) is 2.22. The highest BCUT2D eigenvalue weighted by molar-refractivity contribution is 7.99. The third-order valence-corrected chi connectivity index (χ3v) is 2.81. The number of hydrogen-bond acceptors (Lipinski definition) is 4. The summed E-state index contributed by atoms with van der Waals surface area (Å²) in [6.45, 7) is 3.61. The van der Waals surface area contributed by atoms with E-state index in [-0.39, 0.29) is 12.0 Å². The van der Waals surface area contributed by atoms with Crippen LogP contribution in [-0.4, -0.2) is 34.4 Å². The molecule has 2 N–H and O–H groups in total. The zero-order valence-electron chi connectivity index (χ0n) is 8.16. The summed E-state index contributed by atoms with van der Waals surface area (Å²) in [5.41, 5.74) is -0.281. The second-order valence-corrected chi connectivity index (χ2v) is 4.81. The summed E-state index contributed by atoms with van der Waals surface area (Å²) in [6.07, 6.45) is 0.182. The van der Waals surface area contributed by atoms with Gasteiger partial charge < -0.3 is 10.2 Å². The van der Waals surface area contributed by atoms with Crippen LogP contribution < -0.4 is 0 Å². The average molecular weight is 203 g/mol. The number of nitrogens with zero attached hydrogens (tertiary/aromatic N) is 1. The normalized spacial score (nSPS) is 13.8. The molecular formula is C9H17NO2S. The third-order valence-electron chi connectivity index (χ3n) is 1.70. The predicted octanol–water partition coefficient (Wildman–Crippen LogP) is 1.01. The van der Waals surface area contributed by atoms with E-state index in [1.807, 2.05) is 13.8 Å². The van der Waals surface area contributed by atoms with Gasteiger partial charge in [-0.2, -0.15) is 17.0 Å². The molecule has 0 aliphatic rings. The third kappa shape index (κ3) is 6.88.